The van der Waals surface area contributed by atoms with Gasteiger partial charge in [-0.05, 0) is 44.6 Å². The number of rotatable bonds is 10. The molecule has 2 heterocycles. The maximum atomic E-state index is 12.8. The summed E-state index contributed by atoms with van der Waals surface area (Å²) in [6, 6.07) is 0. The molecule has 0 amide bonds. The Labute approximate surface area is 158 Å². The average Bonchev–Trinajstić information content (AvgIpc) is 2.96. The normalized spacial score (nSPS) is 19.3. The van der Waals surface area contributed by atoms with E-state index in [4.69, 9.17) is 0 Å². The van der Waals surface area contributed by atoms with E-state index in [-0.39, 0.29) is 17.0 Å². The van der Waals surface area contributed by atoms with Gasteiger partial charge in [-0.2, -0.15) is 0 Å². The Morgan fingerprint density at radius 2 is 2.12 bits per heavy atom. The van der Waals surface area contributed by atoms with E-state index >= 15 is 0 Å². The van der Waals surface area contributed by atoms with E-state index in [1.807, 2.05) is 4.57 Å². The van der Waals surface area contributed by atoms with Gasteiger partial charge in [-0.25, -0.2) is 13.4 Å². The van der Waals surface area contributed by atoms with Gasteiger partial charge in [0, 0.05) is 19.6 Å². The fraction of sp³-hybridized carbons (Fsp3) is 0.842. The molecule has 0 radical (unpaired) electrons. The molecule has 1 aliphatic rings. The number of aliphatic hydroxyl groups excluding tert-OH is 1. The highest BCUT2D eigenvalue weighted by molar-refractivity contribution is 7.91. The van der Waals surface area contributed by atoms with Gasteiger partial charge in [-0.3, -0.25) is 4.90 Å². The van der Waals surface area contributed by atoms with Crippen LogP contribution in [0, 0.1) is 5.92 Å². The lowest BCUT2D eigenvalue weighted by molar-refractivity contribution is 0.0655. The largest absolute Gasteiger partial charge is 0.392 e. The quantitative estimate of drug-likeness (QED) is 0.670. The van der Waals surface area contributed by atoms with Crippen molar-refractivity contribution >= 4 is 9.84 Å². The summed E-state index contributed by atoms with van der Waals surface area (Å²) in [4.78, 5) is 6.51. The molecule has 1 saturated heterocycles. The summed E-state index contributed by atoms with van der Waals surface area (Å²) in [5, 5.41) is 10.1. The van der Waals surface area contributed by atoms with Gasteiger partial charge in [-0.1, -0.05) is 27.2 Å². The molecule has 1 unspecified atom stereocenters. The Balaban J connectivity index is 2.16. The van der Waals surface area contributed by atoms with Gasteiger partial charge in [0.1, 0.15) is 0 Å². The first-order valence-electron chi connectivity index (χ1n) is 10.0. The summed E-state index contributed by atoms with van der Waals surface area (Å²) in [7, 11) is -3.36. The Morgan fingerprint density at radius 1 is 1.35 bits per heavy atom. The standard InChI is InChI=1S/C19H35N3O3S/c1-4-5-11-22-17(14-21-10-6-9-18(23)15-21)13-20-19(22)26(24,25)12-7-8-16(2)3/h13,16,18,23H,4-12,14-15H2,1-3H3. The topological polar surface area (TPSA) is 75.4 Å². The lowest BCUT2D eigenvalue weighted by Crippen LogP contribution is -2.38. The van der Waals surface area contributed by atoms with Crippen molar-refractivity contribution in [2.45, 2.75) is 83.6 Å². The molecule has 0 aliphatic carbocycles. The minimum atomic E-state index is -3.36. The van der Waals surface area contributed by atoms with Crippen LogP contribution in [0.4, 0.5) is 0 Å². The number of β-amino-alcohol motifs (C(OH)–C–C–N with tert-alkyl or cyclic N) is 1. The van der Waals surface area contributed by atoms with E-state index in [1.165, 1.54) is 0 Å². The molecule has 1 aromatic rings. The Hall–Kier alpha value is -0.920. The second-order valence-electron chi connectivity index (χ2n) is 7.92. The van der Waals surface area contributed by atoms with Crippen molar-refractivity contribution < 1.29 is 13.5 Å². The van der Waals surface area contributed by atoms with Crippen LogP contribution >= 0.6 is 0 Å². The first kappa shape index (κ1) is 21.4. The van der Waals surface area contributed by atoms with Crippen LogP contribution in [0.3, 0.4) is 0 Å². The molecule has 1 atom stereocenters. The van der Waals surface area contributed by atoms with Crippen molar-refractivity contribution in [3.8, 4) is 0 Å². The van der Waals surface area contributed by atoms with Gasteiger partial charge in [0.05, 0.1) is 23.7 Å². The lowest BCUT2D eigenvalue weighted by Gasteiger charge is -2.30. The summed E-state index contributed by atoms with van der Waals surface area (Å²) >= 11 is 0. The van der Waals surface area contributed by atoms with Crippen LogP contribution in [0.1, 0.15) is 65.0 Å². The predicted octanol–water partition coefficient (Wildman–Crippen LogP) is 2.85. The fourth-order valence-electron chi connectivity index (χ4n) is 3.50. The number of piperidine rings is 1. The summed E-state index contributed by atoms with van der Waals surface area (Å²) in [5.41, 5.74) is 0.940. The molecule has 0 bridgehead atoms. The zero-order valence-corrected chi connectivity index (χ0v) is 17.3. The molecule has 1 fully saturated rings. The summed E-state index contributed by atoms with van der Waals surface area (Å²) in [6.07, 6.45) is 6.78. The maximum Gasteiger partial charge on any atom is 0.227 e. The third-order valence-corrected chi connectivity index (χ3v) is 6.68. The smallest absolute Gasteiger partial charge is 0.227 e. The summed E-state index contributed by atoms with van der Waals surface area (Å²) in [6.45, 7) is 9.24. The molecule has 1 N–H and O–H groups in total. The third-order valence-electron chi connectivity index (χ3n) is 4.98. The van der Waals surface area contributed by atoms with Gasteiger partial charge in [0.25, 0.3) is 0 Å². The molecule has 7 heteroatoms. The zero-order valence-electron chi connectivity index (χ0n) is 16.5. The SMILES string of the molecule is CCCCn1c(CN2CCCC(O)C2)cnc1S(=O)(=O)CCCC(C)C. The van der Waals surface area contributed by atoms with Crippen LogP contribution in [0.25, 0.3) is 0 Å². The monoisotopic (exact) mass is 385 g/mol. The number of nitrogens with zero attached hydrogens (tertiary/aromatic N) is 3. The minimum absolute atomic E-state index is 0.163. The Morgan fingerprint density at radius 3 is 2.77 bits per heavy atom. The van der Waals surface area contributed by atoms with E-state index < -0.39 is 9.84 Å². The number of sulfone groups is 1. The van der Waals surface area contributed by atoms with Crippen LogP contribution in [0.15, 0.2) is 11.4 Å². The molecular weight excluding hydrogens is 350 g/mol. The molecule has 0 spiro atoms. The highest BCUT2D eigenvalue weighted by Crippen LogP contribution is 2.20. The van der Waals surface area contributed by atoms with E-state index in [2.05, 4.69) is 30.7 Å². The number of imidazole rings is 1. The van der Waals surface area contributed by atoms with Crippen LogP contribution < -0.4 is 0 Å². The molecule has 0 saturated carbocycles. The van der Waals surface area contributed by atoms with Gasteiger partial charge >= 0.3 is 0 Å². The van der Waals surface area contributed by atoms with Crippen LogP contribution in [-0.4, -0.2) is 52.9 Å². The third kappa shape index (κ3) is 6.06. The summed E-state index contributed by atoms with van der Waals surface area (Å²) < 4.78 is 27.5. The molecule has 1 aliphatic heterocycles. The molecule has 150 valence electrons. The number of hydrogen-bond acceptors (Lipinski definition) is 5. The molecular formula is C19H35N3O3S. The van der Waals surface area contributed by atoms with E-state index in [0.717, 1.165) is 44.3 Å². The number of likely N-dealkylation sites (tertiary alicyclic amines) is 1. The fourth-order valence-corrected chi connectivity index (χ4v) is 4.99. The molecule has 6 nitrogen and oxygen atoms in total. The number of unbranched alkanes of at least 4 members (excludes halogenated alkanes) is 1. The molecule has 0 aromatic carbocycles. The van der Waals surface area contributed by atoms with Crippen molar-refractivity contribution in [1.82, 2.24) is 14.5 Å². The van der Waals surface area contributed by atoms with Crippen molar-refractivity contribution in [3.05, 3.63) is 11.9 Å². The lowest BCUT2D eigenvalue weighted by atomic mass is 10.1. The minimum Gasteiger partial charge on any atom is -0.392 e. The number of hydrogen-bond donors (Lipinski definition) is 1. The van der Waals surface area contributed by atoms with Crippen molar-refractivity contribution in [2.24, 2.45) is 5.92 Å². The van der Waals surface area contributed by atoms with Gasteiger partial charge < -0.3 is 9.67 Å². The Kier molecular flexibility index (Phi) is 8.10. The van der Waals surface area contributed by atoms with Gasteiger partial charge in [0.2, 0.25) is 15.0 Å². The first-order chi connectivity index (χ1) is 12.3. The maximum absolute atomic E-state index is 12.8. The second kappa shape index (κ2) is 9.85. The molecule has 26 heavy (non-hydrogen) atoms. The summed E-state index contributed by atoms with van der Waals surface area (Å²) in [5.74, 6) is 0.669. The van der Waals surface area contributed by atoms with Crippen LogP contribution in [0.2, 0.25) is 0 Å². The van der Waals surface area contributed by atoms with Crippen molar-refractivity contribution in [1.29, 1.82) is 0 Å². The number of aromatic nitrogens is 2. The Bertz CT molecular complexity index is 655. The van der Waals surface area contributed by atoms with E-state index in [1.54, 1.807) is 6.20 Å². The van der Waals surface area contributed by atoms with Crippen LogP contribution in [0.5, 0.6) is 0 Å². The second-order valence-corrected chi connectivity index (χ2v) is 9.93. The first-order valence-corrected chi connectivity index (χ1v) is 11.7. The van der Waals surface area contributed by atoms with E-state index in [9.17, 15) is 13.5 Å². The predicted molar refractivity (Wildman–Crippen MR) is 104 cm³/mol. The average molecular weight is 386 g/mol. The highest BCUT2D eigenvalue weighted by Gasteiger charge is 2.25. The van der Waals surface area contributed by atoms with Crippen molar-refractivity contribution in [2.75, 3.05) is 18.8 Å². The van der Waals surface area contributed by atoms with Crippen LogP contribution in [-0.2, 0) is 22.9 Å². The highest BCUT2D eigenvalue weighted by atomic mass is 32.2. The van der Waals surface area contributed by atoms with Gasteiger partial charge in [0.15, 0.2) is 0 Å². The number of aliphatic hydroxyl groups is 1. The molecule has 1 aromatic heterocycles. The molecule has 2 rings (SSSR count). The van der Waals surface area contributed by atoms with Gasteiger partial charge in [-0.15, -0.1) is 0 Å². The zero-order chi connectivity index (χ0) is 19.2. The van der Waals surface area contributed by atoms with Crippen molar-refractivity contribution in [3.63, 3.8) is 0 Å². The van der Waals surface area contributed by atoms with E-state index in [0.29, 0.717) is 32.0 Å².